The Bertz CT molecular complexity index is 1110. The highest BCUT2D eigenvalue weighted by Gasteiger charge is 2.22. The Morgan fingerprint density at radius 2 is 1.84 bits per heavy atom. The van der Waals surface area contributed by atoms with Crippen molar-refractivity contribution >= 4 is 22.8 Å². The maximum absolute atomic E-state index is 12.4. The third-order valence-electron chi connectivity index (χ3n) is 4.70. The Hall–Kier alpha value is -3.61. The van der Waals surface area contributed by atoms with E-state index in [-0.39, 0.29) is 17.9 Å². The van der Waals surface area contributed by atoms with Crippen LogP contribution in [0.25, 0.3) is 10.8 Å². The molecule has 0 radical (unpaired) electrons. The fourth-order valence-electron chi connectivity index (χ4n) is 3.36. The molecular formula is C25H28N2O5. The van der Waals surface area contributed by atoms with Crippen molar-refractivity contribution in [2.75, 3.05) is 6.61 Å². The predicted molar refractivity (Wildman–Crippen MR) is 122 cm³/mol. The molecule has 7 nitrogen and oxygen atoms in total. The van der Waals surface area contributed by atoms with Gasteiger partial charge in [-0.1, -0.05) is 30.3 Å². The van der Waals surface area contributed by atoms with E-state index in [2.05, 4.69) is 10.3 Å². The molecule has 3 rings (SSSR count). The highest BCUT2D eigenvalue weighted by molar-refractivity contribution is 6.06. The van der Waals surface area contributed by atoms with Crippen LogP contribution in [0, 0.1) is 6.92 Å². The fourth-order valence-corrected chi connectivity index (χ4v) is 3.36. The number of nitrogens with one attached hydrogen (secondary N) is 1. The lowest BCUT2D eigenvalue weighted by Crippen LogP contribution is -2.43. The van der Waals surface area contributed by atoms with Gasteiger partial charge in [-0.3, -0.25) is 4.98 Å². The molecule has 168 valence electrons. The van der Waals surface area contributed by atoms with Crippen LogP contribution in [-0.2, 0) is 11.2 Å². The fraction of sp³-hybridized carbons (Fsp3) is 0.320. The minimum absolute atomic E-state index is 0.0729. The van der Waals surface area contributed by atoms with Gasteiger partial charge in [0, 0.05) is 22.7 Å². The summed E-state index contributed by atoms with van der Waals surface area (Å²) in [6, 6.07) is 14.4. The molecule has 0 saturated heterocycles. The van der Waals surface area contributed by atoms with E-state index < -0.39 is 23.7 Å². The van der Waals surface area contributed by atoms with E-state index in [1.807, 2.05) is 30.3 Å². The number of pyridine rings is 1. The monoisotopic (exact) mass is 436 g/mol. The zero-order valence-corrected chi connectivity index (χ0v) is 18.7. The zero-order chi connectivity index (χ0) is 23.3. The van der Waals surface area contributed by atoms with Crippen molar-refractivity contribution in [2.24, 2.45) is 0 Å². The van der Waals surface area contributed by atoms with Gasteiger partial charge in [0.15, 0.2) is 0 Å². The molecule has 0 aliphatic heterocycles. The van der Waals surface area contributed by atoms with Crippen molar-refractivity contribution in [1.29, 1.82) is 0 Å². The van der Waals surface area contributed by atoms with E-state index in [4.69, 9.17) is 9.47 Å². The Morgan fingerprint density at radius 3 is 2.50 bits per heavy atom. The average molecular weight is 437 g/mol. The summed E-state index contributed by atoms with van der Waals surface area (Å²) in [5, 5.41) is 14.0. The second-order valence-electron chi connectivity index (χ2n) is 8.63. The number of fused-ring (bicyclic) bond motifs is 1. The molecule has 1 atom stereocenters. The van der Waals surface area contributed by atoms with Gasteiger partial charge in [-0.25, -0.2) is 9.59 Å². The first-order valence-electron chi connectivity index (χ1n) is 10.4. The van der Waals surface area contributed by atoms with Gasteiger partial charge in [0.05, 0.1) is 6.04 Å². The maximum atomic E-state index is 12.4. The standard InChI is InChI=1S/C25H28N2O5/c1-16-12-20-18(14-26-16)10-11-21(22(20)23(28)29)31-15-19(13-17-8-6-5-7-9-17)27-24(30)32-25(2,3)4/h5-12,14,19H,13,15H2,1-4H3,(H,27,30)(H,28,29). The second kappa shape index (κ2) is 9.68. The van der Waals surface area contributed by atoms with Crippen molar-refractivity contribution in [1.82, 2.24) is 10.3 Å². The number of rotatable bonds is 7. The molecule has 0 spiro atoms. The van der Waals surface area contributed by atoms with Crippen LogP contribution in [0.3, 0.4) is 0 Å². The van der Waals surface area contributed by atoms with Crippen molar-refractivity contribution in [3.05, 3.63) is 71.5 Å². The second-order valence-corrected chi connectivity index (χ2v) is 8.63. The van der Waals surface area contributed by atoms with Crippen LogP contribution in [0.15, 0.2) is 54.7 Å². The number of aromatic carboxylic acids is 1. The zero-order valence-electron chi connectivity index (χ0n) is 18.7. The summed E-state index contributed by atoms with van der Waals surface area (Å²) in [6.07, 6.45) is 1.59. The lowest BCUT2D eigenvalue weighted by Gasteiger charge is -2.24. The lowest BCUT2D eigenvalue weighted by molar-refractivity contribution is 0.0485. The van der Waals surface area contributed by atoms with Crippen molar-refractivity contribution < 1.29 is 24.2 Å². The predicted octanol–water partition coefficient (Wildman–Crippen LogP) is 4.76. The third-order valence-corrected chi connectivity index (χ3v) is 4.70. The van der Waals surface area contributed by atoms with Crippen LogP contribution in [0.2, 0.25) is 0 Å². The van der Waals surface area contributed by atoms with Gasteiger partial charge in [-0.15, -0.1) is 0 Å². The summed E-state index contributed by atoms with van der Waals surface area (Å²) >= 11 is 0. The Labute approximate surface area is 187 Å². The Kier molecular flexibility index (Phi) is 6.98. The molecule has 0 bridgehead atoms. The molecule has 0 saturated carbocycles. The molecule has 1 aromatic heterocycles. The molecule has 0 fully saturated rings. The number of alkyl carbamates (subject to hydrolysis) is 1. The Balaban J connectivity index is 1.84. The first-order valence-corrected chi connectivity index (χ1v) is 10.4. The average Bonchev–Trinajstić information content (AvgIpc) is 2.70. The molecule has 1 heterocycles. The van der Waals surface area contributed by atoms with Crippen LogP contribution in [0.1, 0.15) is 42.4 Å². The molecule has 2 N–H and O–H groups in total. The molecule has 32 heavy (non-hydrogen) atoms. The summed E-state index contributed by atoms with van der Waals surface area (Å²) < 4.78 is 11.3. The largest absolute Gasteiger partial charge is 0.491 e. The normalized spacial score (nSPS) is 12.2. The number of benzene rings is 2. The van der Waals surface area contributed by atoms with E-state index >= 15 is 0 Å². The number of hydrogen-bond acceptors (Lipinski definition) is 5. The van der Waals surface area contributed by atoms with E-state index in [9.17, 15) is 14.7 Å². The summed E-state index contributed by atoms with van der Waals surface area (Å²) in [4.78, 5) is 28.6. The van der Waals surface area contributed by atoms with Gasteiger partial charge >= 0.3 is 12.1 Å². The van der Waals surface area contributed by atoms with Gasteiger partial charge in [-0.2, -0.15) is 0 Å². The maximum Gasteiger partial charge on any atom is 0.408 e. The van der Waals surface area contributed by atoms with Crippen LogP contribution in [-0.4, -0.2) is 40.4 Å². The van der Waals surface area contributed by atoms with Gasteiger partial charge in [0.25, 0.3) is 0 Å². The molecule has 1 unspecified atom stereocenters. The number of amides is 1. The van der Waals surface area contributed by atoms with Crippen molar-refractivity contribution in [3.8, 4) is 5.75 Å². The first-order chi connectivity index (χ1) is 15.1. The minimum Gasteiger partial charge on any atom is -0.491 e. The number of aromatic nitrogens is 1. The van der Waals surface area contributed by atoms with E-state index in [1.54, 1.807) is 52.1 Å². The molecule has 1 amide bonds. The number of nitrogens with zero attached hydrogens (tertiary/aromatic N) is 1. The first kappa shape index (κ1) is 23.1. The number of carbonyl (C=O) groups is 2. The lowest BCUT2D eigenvalue weighted by atomic mass is 10.0. The quantitative estimate of drug-likeness (QED) is 0.554. The minimum atomic E-state index is -1.09. The number of aryl methyl sites for hydroxylation is 1. The van der Waals surface area contributed by atoms with Gasteiger partial charge in [0.2, 0.25) is 0 Å². The highest BCUT2D eigenvalue weighted by Crippen LogP contribution is 2.28. The SMILES string of the molecule is Cc1cc2c(C(=O)O)c(OCC(Cc3ccccc3)NC(=O)OC(C)(C)C)ccc2cn1. The van der Waals surface area contributed by atoms with Crippen molar-refractivity contribution in [3.63, 3.8) is 0 Å². The Morgan fingerprint density at radius 1 is 1.12 bits per heavy atom. The number of ether oxygens (including phenoxy) is 2. The highest BCUT2D eigenvalue weighted by atomic mass is 16.6. The molecule has 3 aromatic rings. The molecule has 7 heteroatoms. The summed E-state index contributed by atoms with van der Waals surface area (Å²) in [6.45, 7) is 7.25. The number of carboxylic acids is 1. The van der Waals surface area contributed by atoms with Crippen LogP contribution >= 0.6 is 0 Å². The molecule has 0 aliphatic carbocycles. The molecular weight excluding hydrogens is 408 g/mol. The van der Waals surface area contributed by atoms with Gasteiger partial charge < -0.3 is 19.9 Å². The summed E-state index contributed by atoms with van der Waals surface area (Å²) in [7, 11) is 0. The molecule has 2 aromatic carbocycles. The van der Waals surface area contributed by atoms with Gasteiger partial charge in [-0.05, 0) is 57.9 Å². The third kappa shape index (κ3) is 6.20. The smallest absolute Gasteiger partial charge is 0.408 e. The van der Waals surface area contributed by atoms with Crippen LogP contribution in [0.4, 0.5) is 4.79 Å². The number of hydrogen-bond donors (Lipinski definition) is 2. The molecule has 0 aliphatic rings. The van der Waals surface area contributed by atoms with E-state index in [0.717, 1.165) is 5.56 Å². The van der Waals surface area contributed by atoms with Crippen LogP contribution in [0.5, 0.6) is 5.75 Å². The van der Waals surface area contributed by atoms with Gasteiger partial charge in [0.1, 0.15) is 23.5 Å². The van der Waals surface area contributed by atoms with E-state index in [0.29, 0.717) is 22.9 Å². The van der Waals surface area contributed by atoms with Crippen molar-refractivity contribution in [2.45, 2.75) is 45.8 Å². The number of carbonyl (C=O) groups excluding carboxylic acids is 1. The summed E-state index contributed by atoms with van der Waals surface area (Å²) in [5.41, 5.74) is 1.16. The topological polar surface area (TPSA) is 97.8 Å². The summed E-state index contributed by atoms with van der Waals surface area (Å²) in [5.74, 6) is -0.851. The van der Waals surface area contributed by atoms with E-state index in [1.165, 1.54) is 0 Å². The van der Waals surface area contributed by atoms with Crippen LogP contribution < -0.4 is 10.1 Å². The number of carboxylic acid groups (broad SMARTS) is 1.